The number of hydrogen-bond donors (Lipinski definition) is 0. The molecule has 0 aromatic carbocycles. The molecule has 0 bridgehead atoms. The third-order valence-corrected chi connectivity index (χ3v) is 2.78. The molecule has 1 aliphatic rings. The van der Waals surface area contributed by atoms with Crippen molar-refractivity contribution in [2.24, 2.45) is 7.05 Å². The van der Waals surface area contributed by atoms with Crippen LogP contribution in [0.25, 0.3) is 0 Å². The molecule has 0 radical (unpaired) electrons. The molecule has 3 heteroatoms. The van der Waals surface area contributed by atoms with E-state index in [9.17, 15) is 0 Å². The monoisotopic (exact) mass is 179 g/mol. The van der Waals surface area contributed by atoms with Crippen LogP contribution in [0.3, 0.4) is 0 Å². The minimum atomic E-state index is 1.15. The Morgan fingerprint density at radius 3 is 2.46 bits per heavy atom. The Morgan fingerprint density at radius 2 is 1.92 bits per heavy atom. The van der Waals surface area contributed by atoms with Crippen LogP contribution in [0.5, 0.6) is 0 Å². The van der Waals surface area contributed by atoms with Crippen LogP contribution < -0.4 is 4.90 Å². The van der Waals surface area contributed by atoms with Crippen LogP contribution in [-0.4, -0.2) is 22.9 Å². The quantitative estimate of drug-likeness (QED) is 0.654. The standard InChI is InChI=1S/C10H17N3/c1-9-8-10(11-12(9)2)13-6-4-3-5-7-13/h8H,3-7H2,1-2H3. The van der Waals surface area contributed by atoms with E-state index < -0.39 is 0 Å². The Labute approximate surface area is 79.3 Å². The zero-order valence-corrected chi connectivity index (χ0v) is 8.45. The zero-order valence-electron chi connectivity index (χ0n) is 8.45. The fourth-order valence-corrected chi connectivity index (χ4v) is 1.82. The van der Waals surface area contributed by atoms with Gasteiger partial charge >= 0.3 is 0 Å². The van der Waals surface area contributed by atoms with E-state index in [-0.39, 0.29) is 0 Å². The second-order valence-corrected chi connectivity index (χ2v) is 3.82. The van der Waals surface area contributed by atoms with Gasteiger partial charge in [-0.2, -0.15) is 5.10 Å². The lowest BCUT2D eigenvalue weighted by molar-refractivity contribution is 0.569. The summed E-state index contributed by atoms with van der Waals surface area (Å²) in [6.07, 6.45) is 4.01. The van der Waals surface area contributed by atoms with Gasteiger partial charge in [0.2, 0.25) is 0 Å². The van der Waals surface area contributed by atoms with E-state index in [4.69, 9.17) is 0 Å². The minimum absolute atomic E-state index is 1.15. The van der Waals surface area contributed by atoms with E-state index in [1.165, 1.54) is 38.0 Å². The van der Waals surface area contributed by atoms with Crippen LogP contribution in [-0.2, 0) is 7.05 Å². The molecule has 1 aromatic rings. The van der Waals surface area contributed by atoms with Crippen LogP contribution in [0.2, 0.25) is 0 Å². The average Bonchev–Trinajstić information content (AvgIpc) is 2.49. The molecule has 0 amide bonds. The maximum Gasteiger partial charge on any atom is 0.150 e. The summed E-state index contributed by atoms with van der Waals surface area (Å²) in [6, 6.07) is 2.17. The van der Waals surface area contributed by atoms with Gasteiger partial charge in [-0.3, -0.25) is 4.68 Å². The molecule has 2 rings (SSSR count). The molecule has 2 heterocycles. The van der Waals surface area contributed by atoms with Crippen LogP contribution in [0.4, 0.5) is 5.82 Å². The second kappa shape index (κ2) is 3.40. The highest BCUT2D eigenvalue weighted by Gasteiger charge is 2.13. The minimum Gasteiger partial charge on any atom is -0.355 e. The van der Waals surface area contributed by atoms with E-state index in [0.717, 1.165) is 5.82 Å². The lowest BCUT2D eigenvalue weighted by Gasteiger charge is -2.26. The van der Waals surface area contributed by atoms with Gasteiger partial charge < -0.3 is 4.90 Å². The van der Waals surface area contributed by atoms with Gasteiger partial charge in [-0.15, -0.1) is 0 Å². The number of hydrogen-bond acceptors (Lipinski definition) is 2. The number of aryl methyl sites for hydroxylation is 2. The third kappa shape index (κ3) is 1.69. The van der Waals surface area contributed by atoms with Crippen molar-refractivity contribution in [2.75, 3.05) is 18.0 Å². The van der Waals surface area contributed by atoms with Gasteiger partial charge in [0.1, 0.15) is 0 Å². The molecule has 72 valence electrons. The van der Waals surface area contributed by atoms with Gasteiger partial charge in [0.25, 0.3) is 0 Å². The number of aromatic nitrogens is 2. The zero-order chi connectivity index (χ0) is 9.26. The van der Waals surface area contributed by atoms with Crippen molar-refractivity contribution in [1.29, 1.82) is 0 Å². The summed E-state index contributed by atoms with van der Waals surface area (Å²) < 4.78 is 1.95. The number of anilines is 1. The molecule has 0 saturated carbocycles. The Hall–Kier alpha value is -0.990. The molecule has 13 heavy (non-hydrogen) atoms. The highest BCUT2D eigenvalue weighted by atomic mass is 15.3. The fourth-order valence-electron chi connectivity index (χ4n) is 1.82. The van der Waals surface area contributed by atoms with Crippen molar-refractivity contribution in [3.63, 3.8) is 0 Å². The predicted octanol–water partition coefficient (Wildman–Crippen LogP) is 1.72. The molecule has 0 unspecified atom stereocenters. The number of piperidine rings is 1. The number of rotatable bonds is 1. The van der Waals surface area contributed by atoms with Crippen molar-refractivity contribution in [3.8, 4) is 0 Å². The molecule has 0 spiro atoms. The van der Waals surface area contributed by atoms with Gasteiger partial charge in [0.15, 0.2) is 5.82 Å². The summed E-state index contributed by atoms with van der Waals surface area (Å²) in [4.78, 5) is 2.39. The van der Waals surface area contributed by atoms with Crippen molar-refractivity contribution in [2.45, 2.75) is 26.2 Å². The molecule has 1 aromatic heterocycles. The molecule has 1 aliphatic heterocycles. The van der Waals surface area contributed by atoms with Crippen LogP contribution in [0.15, 0.2) is 6.07 Å². The van der Waals surface area contributed by atoms with E-state index in [2.05, 4.69) is 23.0 Å². The van der Waals surface area contributed by atoms with Gasteiger partial charge in [0, 0.05) is 31.9 Å². The first-order chi connectivity index (χ1) is 6.27. The summed E-state index contributed by atoms with van der Waals surface area (Å²) in [5.41, 5.74) is 1.24. The predicted molar refractivity (Wildman–Crippen MR) is 54.0 cm³/mol. The molecular formula is C10H17N3. The molecular weight excluding hydrogens is 162 g/mol. The van der Waals surface area contributed by atoms with Crippen molar-refractivity contribution in [3.05, 3.63) is 11.8 Å². The average molecular weight is 179 g/mol. The van der Waals surface area contributed by atoms with Crippen molar-refractivity contribution in [1.82, 2.24) is 9.78 Å². The van der Waals surface area contributed by atoms with Gasteiger partial charge in [0.05, 0.1) is 0 Å². The molecule has 1 saturated heterocycles. The Kier molecular flexibility index (Phi) is 2.25. The van der Waals surface area contributed by atoms with Crippen LogP contribution in [0, 0.1) is 6.92 Å². The van der Waals surface area contributed by atoms with E-state index in [1.807, 2.05) is 11.7 Å². The van der Waals surface area contributed by atoms with Crippen LogP contribution >= 0.6 is 0 Å². The summed E-state index contributed by atoms with van der Waals surface area (Å²) in [7, 11) is 2.00. The third-order valence-electron chi connectivity index (χ3n) is 2.78. The first-order valence-corrected chi connectivity index (χ1v) is 5.03. The molecule has 1 fully saturated rings. The van der Waals surface area contributed by atoms with E-state index in [1.54, 1.807) is 0 Å². The molecule has 0 aliphatic carbocycles. The first kappa shape index (κ1) is 8.60. The van der Waals surface area contributed by atoms with E-state index in [0.29, 0.717) is 0 Å². The smallest absolute Gasteiger partial charge is 0.150 e. The Balaban J connectivity index is 2.14. The van der Waals surface area contributed by atoms with Gasteiger partial charge in [-0.05, 0) is 26.2 Å². The Morgan fingerprint density at radius 1 is 1.23 bits per heavy atom. The lowest BCUT2D eigenvalue weighted by Crippen LogP contribution is -2.29. The van der Waals surface area contributed by atoms with Gasteiger partial charge in [-0.1, -0.05) is 0 Å². The van der Waals surface area contributed by atoms with Crippen molar-refractivity contribution >= 4 is 5.82 Å². The van der Waals surface area contributed by atoms with Gasteiger partial charge in [-0.25, -0.2) is 0 Å². The maximum absolute atomic E-state index is 4.48. The summed E-state index contributed by atoms with van der Waals surface area (Å²) in [5.74, 6) is 1.15. The highest BCUT2D eigenvalue weighted by molar-refractivity contribution is 5.39. The lowest BCUT2D eigenvalue weighted by atomic mass is 10.1. The second-order valence-electron chi connectivity index (χ2n) is 3.82. The summed E-state index contributed by atoms with van der Waals surface area (Å²) >= 11 is 0. The van der Waals surface area contributed by atoms with Crippen LogP contribution in [0.1, 0.15) is 25.0 Å². The molecule has 0 N–H and O–H groups in total. The Bertz CT molecular complexity index is 265. The topological polar surface area (TPSA) is 21.1 Å². The SMILES string of the molecule is Cc1cc(N2CCCCC2)nn1C. The largest absolute Gasteiger partial charge is 0.355 e. The summed E-state index contributed by atoms with van der Waals surface area (Å²) in [6.45, 7) is 4.45. The maximum atomic E-state index is 4.48. The molecule has 3 nitrogen and oxygen atoms in total. The number of nitrogens with zero attached hydrogens (tertiary/aromatic N) is 3. The fraction of sp³-hybridized carbons (Fsp3) is 0.700. The molecule has 0 atom stereocenters. The van der Waals surface area contributed by atoms with E-state index >= 15 is 0 Å². The summed E-state index contributed by atoms with van der Waals surface area (Å²) in [5, 5.41) is 4.48. The highest BCUT2D eigenvalue weighted by Crippen LogP contribution is 2.18. The normalized spacial score (nSPS) is 17.8. The first-order valence-electron chi connectivity index (χ1n) is 5.03. The van der Waals surface area contributed by atoms with Crippen molar-refractivity contribution < 1.29 is 0 Å².